The highest BCUT2D eigenvalue weighted by molar-refractivity contribution is 6.25. The first-order chi connectivity index (χ1) is 11.8. The Balaban J connectivity index is 1.92. The lowest BCUT2D eigenvalue weighted by Gasteiger charge is -2.19. The maximum Gasteiger partial charge on any atom is 0.194 e. The van der Waals surface area contributed by atoms with E-state index in [1.165, 1.54) is 0 Å². The number of rotatable bonds is 1. The average molecular weight is 307 g/mol. The van der Waals surface area contributed by atoms with Gasteiger partial charge in [0, 0.05) is 27.6 Å². The molecule has 0 saturated carbocycles. The standard InChI is InChI=1S/C22H13NO/c24-22-17-11-5-4-10-16(17)21-20-15(9-6-12-18(20)22)13-19(23-21)14-7-2-1-3-8-14/h1-13H. The van der Waals surface area contributed by atoms with E-state index in [0.717, 1.165) is 44.4 Å². The first-order valence-corrected chi connectivity index (χ1v) is 7.96. The maximum atomic E-state index is 12.8. The number of fused-ring (bicyclic) bond motifs is 2. The van der Waals surface area contributed by atoms with Crippen molar-refractivity contribution >= 4 is 16.6 Å². The number of carbonyl (C=O) groups excluding carboxylic acids is 1. The third kappa shape index (κ3) is 1.77. The van der Waals surface area contributed by atoms with E-state index in [-0.39, 0.29) is 5.78 Å². The number of nitrogens with zero attached hydrogens (tertiary/aromatic N) is 1. The molecule has 0 radical (unpaired) electrons. The van der Waals surface area contributed by atoms with Gasteiger partial charge in [-0.3, -0.25) is 4.79 Å². The molecule has 0 fully saturated rings. The van der Waals surface area contributed by atoms with Gasteiger partial charge in [0.15, 0.2) is 5.78 Å². The van der Waals surface area contributed by atoms with E-state index >= 15 is 0 Å². The minimum Gasteiger partial charge on any atom is -0.289 e. The van der Waals surface area contributed by atoms with Gasteiger partial charge in [-0.15, -0.1) is 0 Å². The Kier molecular flexibility index (Phi) is 2.68. The fourth-order valence-corrected chi connectivity index (χ4v) is 3.48. The lowest BCUT2D eigenvalue weighted by molar-refractivity contribution is 0.104. The highest BCUT2D eigenvalue weighted by Gasteiger charge is 2.26. The minimum atomic E-state index is 0.0814. The van der Waals surface area contributed by atoms with Crippen molar-refractivity contribution in [3.8, 4) is 22.5 Å². The molecule has 0 N–H and O–H groups in total. The molecule has 0 aliphatic heterocycles. The second kappa shape index (κ2) is 4.87. The molecule has 2 nitrogen and oxygen atoms in total. The quantitative estimate of drug-likeness (QED) is 0.430. The largest absolute Gasteiger partial charge is 0.289 e. The predicted molar refractivity (Wildman–Crippen MR) is 96.0 cm³/mol. The van der Waals surface area contributed by atoms with Gasteiger partial charge < -0.3 is 0 Å². The van der Waals surface area contributed by atoms with Crippen LogP contribution < -0.4 is 0 Å². The summed E-state index contributed by atoms with van der Waals surface area (Å²) in [5, 5.41) is 2.01. The second-order valence-corrected chi connectivity index (χ2v) is 6.00. The molecule has 4 aromatic rings. The fraction of sp³-hybridized carbons (Fsp3) is 0. The van der Waals surface area contributed by atoms with Crippen molar-refractivity contribution in [2.45, 2.75) is 0 Å². The summed E-state index contributed by atoms with van der Waals surface area (Å²) in [4.78, 5) is 17.7. The van der Waals surface area contributed by atoms with Crippen molar-refractivity contribution in [3.63, 3.8) is 0 Å². The summed E-state index contributed by atoms with van der Waals surface area (Å²) in [5.74, 6) is 0.0814. The summed E-state index contributed by atoms with van der Waals surface area (Å²) < 4.78 is 0. The second-order valence-electron chi connectivity index (χ2n) is 6.00. The lowest BCUT2D eigenvalue weighted by Crippen LogP contribution is -2.11. The number of aromatic nitrogens is 1. The van der Waals surface area contributed by atoms with Crippen LogP contribution in [0.15, 0.2) is 78.9 Å². The van der Waals surface area contributed by atoms with E-state index in [9.17, 15) is 4.79 Å². The minimum absolute atomic E-state index is 0.0814. The van der Waals surface area contributed by atoms with Crippen LogP contribution in [0.2, 0.25) is 0 Å². The van der Waals surface area contributed by atoms with Crippen molar-refractivity contribution in [2.24, 2.45) is 0 Å². The van der Waals surface area contributed by atoms with Gasteiger partial charge in [0.2, 0.25) is 0 Å². The molecule has 24 heavy (non-hydrogen) atoms. The molecule has 3 aromatic carbocycles. The maximum absolute atomic E-state index is 12.8. The molecule has 5 rings (SSSR count). The molecule has 0 unspecified atom stereocenters. The molecule has 112 valence electrons. The lowest BCUT2D eigenvalue weighted by atomic mass is 9.85. The van der Waals surface area contributed by atoms with Crippen LogP contribution >= 0.6 is 0 Å². The number of pyridine rings is 1. The molecule has 0 atom stereocenters. The van der Waals surface area contributed by atoms with Crippen molar-refractivity contribution in [1.82, 2.24) is 4.98 Å². The molecular weight excluding hydrogens is 294 g/mol. The van der Waals surface area contributed by atoms with Crippen LogP contribution in [0.3, 0.4) is 0 Å². The molecule has 1 aromatic heterocycles. The third-order valence-electron chi connectivity index (χ3n) is 4.60. The molecular formula is C22H13NO. The Morgan fingerprint density at radius 1 is 0.667 bits per heavy atom. The number of carbonyl (C=O) groups is 1. The normalized spacial score (nSPS) is 12.2. The summed E-state index contributed by atoms with van der Waals surface area (Å²) in [6.45, 7) is 0. The highest BCUT2D eigenvalue weighted by atomic mass is 16.1. The molecule has 0 bridgehead atoms. The van der Waals surface area contributed by atoms with E-state index in [1.54, 1.807) is 0 Å². The summed E-state index contributed by atoms with van der Waals surface area (Å²) in [5.41, 5.74) is 5.31. The zero-order valence-corrected chi connectivity index (χ0v) is 12.9. The van der Waals surface area contributed by atoms with E-state index in [4.69, 9.17) is 4.98 Å². The Morgan fingerprint density at radius 3 is 2.21 bits per heavy atom. The van der Waals surface area contributed by atoms with Crippen LogP contribution in [0.25, 0.3) is 33.3 Å². The summed E-state index contributed by atoms with van der Waals surface area (Å²) in [6.07, 6.45) is 0. The van der Waals surface area contributed by atoms with Crippen molar-refractivity contribution in [1.29, 1.82) is 0 Å². The summed E-state index contributed by atoms with van der Waals surface area (Å²) in [7, 11) is 0. The Morgan fingerprint density at radius 2 is 1.38 bits per heavy atom. The van der Waals surface area contributed by atoms with Crippen molar-refractivity contribution in [2.75, 3.05) is 0 Å². The van der Waals surface area contributed by atoms with Gasteiger partial charge in [-0.1, -0.05) is 72.8 Å². The molecule has 1 aliphatic rings. The van der Waals surface area contributed by atoms with Gasteiger partial charge in [0.1, 0.15) is 0 Å². The van der Waals surface area contributed by atoms with Gasteiger partial charge in [-0.2, -0.15) is 0 Å². The van der Waals surface area contributed by atoms with Gasteiger partial charge >= 0.3 is 0 Å². The van der Waals surface area contributed by atoms with Gasteiger partial charge in [-0.25, -0.2) is 4.98 Å². The van der Waals surface area contributed by atoms with Crippen LogP contribution in [-0.2, 0) is 0 Å². The Labute approximate surface area is 139 Å². The highest BCUT2D eigenvalue weighted by Crippen LogP contribution is 2.39. The number of benzene rings is 3. The van der Waals surface area contributed by atoms with Gasteiger partial charge in [-0.05, 0) is 11.5 Å². The first kappa shape index (κ1) is 13.2. The van der Waals surface area contributed by atoms with E-state index in [1.807, 2.05) is 54.6 Å². The third-order valence-corrected chi connectivity index (χ3v) is 4.60. The monoisotopic (exact) mass is 307 g/mol. The predicted octanol–water partition coefficient (Wildman–Crippen LogP) is 5.11. The van der Waals surface area contributed by atoms with Crippen LogP contribution in [-0.4, -0.2) is 10.8 Å². The SMILES string of the molecule is O=C1c2ccccc2-c2nc(-c3ccccc3)cc3cccc1c23. The van der Waals surface area contributed by atoms with E-state index in [2.05, 4.69) is 24.3 Å². The van der Waals surface area contributed by atoms with E-state index in [0.29, 0.717) is 0 Å². The van der Waals surface area contributed by atoms with Crippen LogP contribution in [0.4, 0.5) is 0 Å². The summed E-state index contributed by atoms with van der Waals surface area (Å²) in [6, 6.07) is 25.9. The number of hydrogen-bond donors (Lipinski definition) is 0. The van der Waals surface area contributed by atoms with Crippen LogP contribution in [0.5, 0.6) is 0 Å². The molecule has 1 heterocycles. The Bertz CT molecular complexity index is 1110. The van der Waals surface area contributed by atoms with Crippen molar-refractivity contribution < 1.29 is 4.79 Å². The zero-order valence-electron chi connectivity index (χ0n) is 12.9. The van der Waals surface area contributed by atoms with E-state index < -0.39 is 0 Å². The van der Waals surface area contributed by atoms with Crippen LogP contribution in [0.1, 0.15) is 15.9 Å². The fourth-order valence-electron chi connectivity index (χ4n) is 3.48. The zero-order chi connectivity index (χ0) is 16.1. The molecule has 0 amide bonds. The topological polar surface area (TPSA) is 30.0 Å². The smallest absolute Gasteiger partial charge is 0.194 e. The molecule has 2 heteroatoms. The number of hydrogen-bond acceptors (Lipinski definition) is 2. The molecule has 0 saturated heterocycles. The average Bonchev–Trinajstić information content (AvgIpc) is 2.66. The molecule has 0 spiro atoms. The van der Waals surface area contributed by atoms with Gasteiger partial charge in [0.05, 0.1) is 11.4 Å². The van der Waals surface area contributed by atoms with Gasteiger partial charge in [0.25, 0.3) is 0 Å². The Hall–Kier alpha value is -3.26. The number of ketones is 1. The van der Waals surface area contributed by atoms with Crippen LogP contribution in [0, 0.1) is 0 Å². The van der Waals surface area contributed by atoms with Crippen molar-refractivity contribution in [3.05, 3.63) is 90.0 Å². The first-order valence-electron chi connectivity index (χ1n) is 7.96. The summed E-state index contributed by atoms with van der Waals surface area (Å²) >= 11 is 0. The molecule has 1 aliphatic carbocycles.